The molecule has 3 nitrogen and oxygen atoms in total. The smallest absolute Gasteiger partial charge is 0.131 e. The SMILES string of the molecule is CN(Cc1cc(Cl)nc(Cl)c1)CC(C)(C)O. The maximum Gasteiger partial charge on any atom is 0.131 e. The van der Waals surface area contributed by atoms with E-state index in [4.69, 9.17) is 23.2 Å². The van der Waals surface area contributed by atoms with Crippen molar-refractivity contribution < 1.29 is 5.11 Å². The van der Waals surface area contributed by atoms with E-state index in [1.165, 1.54) is 0 Å². The van der Waals surface area contributed by atoms with Crippen molar-refractivity contribution in [2.45, 2.75) is 26.0 Å². The highest BCUT2D eigenvalue weighted by atomic mass is 35.5. The Morgan fingerprint density at radius 2 is 1.81 bits per heavy atom. The van der Waals surface area contributed by atoms with Gasteiger partial charge < -0.3 is 5.11 Å². The Morgan fingerprint density at radius 3 is 2.25 bits per heavy atom. The van der Waals surface area contributed by atoms with E-state index in [1.54, 1.807) is 26.0 Å². The Bertz CT molecular complexity index is 343. The van der Waals surface area contributed by atoms with Crippen LogP contribution in [0.3, 0.4) is 0 Å². The number of aliphatic hydroxyl groups is 1. The van der Waals surface area contributed by atoms with Gasteiger partial charge in [0.15, 0.2) is 0 Å². The van der Waals surface area contributed by atoms with Gasteiger partial charge in [-0.3, -0.25) is 4.90 Å². The highest BCUT2D eigenvalue weighted by Crippen LogP contribution is 2.16. The normalized spacial score (nSPS) is 12.2. The van der Waals surface area contributed by atoms with Gasteiger partial charge in [0, 0.05) is 13.1 Å². The van der Waals surface area contributed by atoms with Crippen LogP contribution in [0.4, 0.5) is 0 Å². The minimum atomic E-state index is -0.713. The molecule has 1 N–H and O–H groups in total. The molecule has 5 heteroatoms. The Labute approximate surface area is 106 Å². The summed E-state index contributed by atoms with van der Waals surface area (Å²) in [6.07, 6.45) is 0. The van der Waals surface area contributed by atoms with E-state index in [0.29, 0.717) is 23.4 Å². The summed E-state index contributed by atoms with van der Waals surface area (Å²) in [6, 6.07) is 3.54. The molecule has 0 saturated heterocycles. The van der Waals surface area contributed by atoms with Crippen LogP contribution in [0.5, 0.6) is 0 Å². The Balaban J connectivity index is 2.66. The standard InChI is InChI=1S/C11H16Cl2N2O/c1-11(2,16)7-15(3)6-8-4-9(12)14-10(13)5-8/h4-5,16H,6-7H2,1-3H3. The lowest BCUT2D eigenvalue weighted by molar-refractivity contribution is 0.0425. The number of aromatic nitrogens is 1. The van der Waals surface area contributed by atoms with Crippen molar-refractivity contribution in [3.8, 4) is 0 Å². The fourth-order valence-electron chi connectivity index (χ4n) is 1.63. The molecule has 0 fully saturated rings. The first-order valence-corrected chi connectivity index (χ1v) is 5.75. The molecule has 1 heterocycles. The first kappa shape index (κ1) is 13.7. The van der Waals surface area contributed by atoms with Crippen molar-refractivity contribution in [2.75, 3.05) is 13.6 Å². The minimum absolute atomic E-state index is 0.388. The lowest BCUT2D eigenvalue weighted by Gasteiger charge is -2.25. The summed E-state index contributed by atoms with van der Waals surface area (Å²) in [5.74, 6) is 0. The van der Waals surface area contributed by atoms with Crippen LogP contribution in [0.25, 0.3) is 0 Å². The fourth-order valence-corrected chi connectivity index (χ4v) is 2.14. The second-order valence-electron chi connectivity index (χ2n) is 4.61. The third-order valence-electron chi connectivity index (χ3n) is 1.93. The molecule has 16 heavy (non-hydrogen) atoms. The number of hydrogen-bond donors (Lipinski definition) is 1. The quantitative estimate of drug-likeness (QED) is 0.848. The van der Waals surface area contributed by atoms with Gasteiger partial charge in [0.2, 0.25) is 0 Å². The zero-order chi connectivity index (χ0) is 12.3. The van der Waals surface area contributed by atoms with Gasteiger partial charge in [0.25, 0.3) is 0 Å². The van der Waals surface area contributed by atoms with Crippen LogP contribution in [0.15, 0.2) is 12.1 Å². The number of rotatable bonds is 4. The largest absolute Gasteiger partial charge is 0.389 e. The molecule has 1 rings (SSSR count). The molecule has 0 saturated carbocycles. The van der Waals surface area contributed by atoms with E-state index in [9.17, 15) is 5.11 Å². The van der Waals surface area contributed by atoms with Crippen molar-refractivity contribution in [3.05, 3.63) is 28.0 Å². The summed E-state index contributed by atoms with van der Waals surface area (Å²) >= 11 is 11.6. The molecule has 0 amide bonds. The van der Waals surface area contributed by atoms with Gasteiger partial charge in [-0.1, -0.05) is 23.2 Å². The van der Waals surface area contributed by atoms with Crippen LogP contribution in [0.2, 0.25) is 10.3 Å². The number of halogens is 2. The van der Waals surface area contributed by atoms with Crippen molar-refractivity contribution in [3.63, 3.8) is 0 Å². The molecule has 0 spiro atoms. The highest BCUT2D eigenvalue weighted by molar-refractivity contribution is 6.32. The van der Waals surface area contributed by atoms with E-state index in [0.717, 1.165) is 5.56 Å². The molecule has 0 atom stereocenters. The predicted octanol–water partition coefficient (Wildman–Crippen LogP) is 2.59. The number of nitrogens with zero attached hydrogens (tertiary/aromatic N) is 2. The molecule has 1 aromatic rings. The van der Waals surface area contributed by atoms with E-state index < -0.39 is 5.60 Å². The highest BCUT2D eigenvalue weighted by Gasteiger charge is 2.15. The molecule has 0 aliphatic carbocycles. The van der Waals surface area contributed by atoms with Gasteiger partial charge in [0.05, 0.1) is 5.60 Å². The van der Waals surface area contributed by atoms with Gasteiger partial charge in [-0.2, -0.15) is 0 Å². The first-order chi connectivity index (χ1) is 7.26. The summed E-state index contributed by atoms with van der Waals surface area (Å²) in [5.41, 5.74) is 0.270. The third-order valence-corrected chi connectivity index (χ3v) is 2.32. The first-order valence-electron chi connectivity index (χ1n) is 4.99. The van der Waals surface area contributed by atoms with Crippen LogP contribution in [-0.2, 0) is 6.54 Å². The van der Waals surface area contributed by atoms with E-state index in [2.05, 4.69) is 4.98 Å². The minimum Gasteiger partial charge on any atom is -0.389 e. The van der Waals surface area contributed by atoms with Crippen LogP contribution in [0.1, 0.15) is 19.4 Å². The van der Waals surface area contributed by atoms with Gasteiger partial charge in [-0.05, 0) is 38.6 Å². The Kier molecular flexibility index (Phi) is 4.56. The second-order valence-corrected chi connectivity index (χ2v) is 5.38. The zero-order valence-corrected chi connectivity index (χ0v) is 11.2. The lowest BCUT2D eigenvalue weighted by Crippen LogP contribution is -2.35. The summed E-state index contributed by atoms with van der Waals surface area (Å²) in [4.78, 5) is 5.88. The molecule has 0 aliphatic rings. The van der Waals surface area contributed by atoms with E-state index in [-0.39, 0.29) is 0 Å². The molecular weight excluding hydrogens is 247 g/mol. The maximum absolute atomic E-state index is 9.67. The molecule has 0 aliphatic heterocycles. The van der Waals surface area contributed by atoms with Gasteiger partial charge in [0.1, 0.15) is 10.3 Å². The topological polar surface area (TPSA) is 36.4 Å². The molecular formula is C11H16Cl2N2O. The van der Waals surface area contributed by atoms with E-state index in [1.807, 2.05) is 11.9 Å². The lowest BCUT2D eigenvalue weighted by atomic mass is 10.1. The second kappa shape index (κ2) is 5.32. The summed E-state index contributed by atoms with van der Waals surface area (Å²) < 4.78 is 0. The van der Waals surface area contributed by atoms with Gasteiger partial charge in [-0.15, -0.1) is 0 Å². The third kappa shape index (κ3) is 5.12. The molecule has 0 unspecified atom stereocenters. The summed E-state index contributed by atoms with van der Waals surface area (Å²) in [6.45, 7) is 4.79. The van der Waals surface area contributed by atoms with Gasteiger partial charge >= 0.3 is 0 Å². The molecule has 90 valence electrons. The Hall–Kier alpha value is -0.350. The predicted molar refractivity (Wildman–Crippen MR) is 66.9 cm³/mol. The van der Waals surface area contributed by atoms with Crippen LogP contribution in [0, 0.1) is 0 Å². The maximum atomic E-state index is 9.67. The summed E-state index contributed by atoms with van der Waals surface area (Å²) in [7, 11) is 1.93. The monoisotopic (exact) mass is 262 g/mol. The van der Waals surface area contributed by atoms with Crippen LogP contribution in [-0.4, -0.2) is 34.2 Å². The van der Waals surface area contributed by atoms with Crippen LogP contribution >= 0.6 is 23.2 Å². The average molecular weight is 263 g/mol. The number of pyridine rings is 1. The molecule has 0 aromatic carbocycles. The van der Waals surface area contributed by atoms with Gasteiger partial charge in [-0.25, -0.2) is 4.98 Å². The van der Waals surface area contributed by atoms with E-state index >= 15 is 0 Å². The number of hydrogen-bond acceptors (Lipinski definition) is 3. The Morgan fingerprint density at radius 1 is 1.31 bits per heavy atom. The zero-order valence-electron chi connectivity index (χ0n) is 9.67. The molecule has 1 aromatic heterocycles. The molecule has 0 radical (unpaired) electrons. The number of likely N-dealkylation sites (N-methyl/N-ethyl adjacent to an activating group) is 1. The van der Waals surface area contributed by atoms with Crippen LogP contribution < -0.4 is 0 Å². The average Bonchev–Trinajstić information content (AvgIpc) is 1.96. The van der Waals surface area contributed by atoms with Crippen molar-refractivity contribution in [2.24, 2.45) is 0 Å². The molecule has 0 bridgehead atoms. The fraction of sp³-hybridized carbons (Fsp3) is 0.545. The van der Waals surface area contributed by atoms with Crippen molar-refractivity contribution >= 4 is 23.2 Å². The summed E-state index contributed by atoms with van der Waals surface area (Å²) in [5, 5.41) is 10.4. The van der Waals surface area contributed by atoms with Crippen molar-refractivity contribution in [1.82, 2.24) is 9.88 Å². The van der Waals surface area contributed by atoms with Crippen molar-refractivity contribution in [1.29, 1.82) is 0 Å².